The summed E-state index contributed by atoms with van der Waals surface area (Å²) in [5.74, 6) is 0.655. The topological polar surface area (TPSA) is 63.5 Å². The van der Waals surface area contributed by atoms with Crippen molar-refractivity contribution in [2.24, 2.45) is 0 Å². The summed E-state index contributed by atoms with van der Waals surface area (Å²) in [6.45, 7) is 3.95. The standard InChI is InChI=1S/C13H20N2O3/c1-10(12-3-2-8-17-12)15-13(16)9-18-11-4-6-14-7-5-11/h2-3,8,10-11,14H,4-7,9H2,1H3,(H,15,16). The number of piperidine rings is 1. The van der Waals surface area contributed by atoms with Gasteiger partial charge in [0.1, 0.15) is 12.4 Å². The lowest BCUT2D eigenvalue weighted by molar-refractivity contribution is -0.129. The van der Waals surface area contributed by atoms with Gasteiger partial charge in [-0.25, -0.2) is 0 Å². The third kappa shape index (κ3) is 3.85. The Balaban J connectivity index is 1.68. The van der Waals surface area contributed by atoms with Gasteiger partial charge in [-0.15, -0.1) is 0 Å². The number of nitrogens with one attached hydrogen (secondary N) is 2. The maximum Gasteiger partial charge on any atom is 0.246 e. The average Bonchev–Trinajstić information content (AvgIpc) is 2.91. The molecule has 1 aromatic heterocycles. The van der Waals surface area contributed by atoms with Gasteiger partial charge in [0.25, 0.3) is 0 Å². The van der Waals surface area contributed by atoms with Crippen LogP contribution in [0.15, 0.2) is 22.8 Å². The van der Waals surface area contributed by atoms with Crippen molar-refractivity contribution >= 4 is 5.91 Å². The summed E-state index contributed by atoms with van der Waals surface area (Å²) in [4.78, 5) is 11.7. The van der Waals surface area contributed by atoms with Crippen LogP contribution < -0.4 is 10.6 Å². The van der Waals surface area contributed by atoms with Crippen molar-refractivity contribution in [3.8, 4) is 0 Å². The fourth-order valence-electron chi connectivity index (χ4n) is 2.05. The van der Waals surface area contributed by atoms with E-state index in [2.05, 4.69) is 10.6 Å². The normalized spacial score (nSPS) is 18.5. The van der Waals surface area contributed by atoms with E-state index in [1.54, 1.807) is 6.26 Å². The van der Waals surface area contributed by atoms with Crippen LogP contribution in [0.25, 0.3) is 0 Å². The highest BCUT2D eigenvalue weighted by atomic mass is 16.5. The maximum absolute atomic E-state index is 11.7. The van der Waals surface area contributed by atoms with Crippen molar-refractivity contribution < 1.29 is 13.9 Å². The molecule has 0 aromatic carbocycles. The smallest absolute Gasteiger partial charge is 0.246 e. The van der Waals surface area contributed by atoms with Crippen LogP contribution in [-0.4, -0.2) is 31.7 Å². The van der Waals surface area contributed by atoms with Crippen LogP contribution in [0.5, 0.6) is 0 Å². The van der Waals surface area contributed by atoms with E-state index >= 15 is 0 Å². The first-order valence-corrected chi connectivity index (χ1v) is 6.41. The number of hydrogen-bond donors (Lipinski definition) is 2. The molecule has 100 valence electrons. The van der Waals surface area contributed by atoms with Crippen LogP contribution in [0.1, 0.15) is 31.6 Å². The van der Waals surface area contributed by atoms with Gasteiger partial charge in [0.2, 0.25) is 5.91 Å². The second kappa shape index (κ2) is 6.56. The number of amides is 1. The molecule has 2 heterocycles. The molecule has 1 aromatic rings. The van der Waals surface area contributed by atoms with E-state index in [9.17, 15) is 4.79 Å². The Morgan fingerprint density at radius 1 is 1.61 bits per heavy atom. The zero-order valence-corrected chi connectivity index (χ0v) is 10.6. The molecular weight excluding hydrogens is 232 g/mol. The largest absolute Gasteiger partial charge is 0.467 e. The molecule has 5 nitrogen and oxygen atoms in total. The molecule has 0 saturated carbocycles. The Kier molecular flexibility index (Phi) is 4.78. The van der Waals surface area contributed by atoms with Gasteiger partial charge in [0.05, 0.1) is 18.4 Å². The highest BCUT2D eigenvalue weighted by Crippen LogP contribution is 2.12. The molecule has 1 saturated heterocycles. The molecule has 1 fully saturated rings. The average molecular weight is 252 g/mol. The predicted octanol–water partition coefficient (Wildman–Crippen LogP) is 1.23. The van der Waals surface area contributed by atoms with Crippen LogP contribution in [0.2, 0.25) is 0 Å². The number of furan rings is 1. The van der Waals surface area contributed by atoms with Crippen molar-refractivity contribution in [1.82, 2.24) is 10.6 Å². The van der Waals surface area contributed by atoms with Crippen molar-refractivity contribution in [1.29, 1.82) is 0 Å². The minimum atomic E-state index is -0.121. The number of carbonyl (C=O) groups excluding carboxylic acids is 1. The van der Waals surface area contributed by atoms with E-state index in [4.69, 9.17) is 9.15 Å². The van der Waals surface area contributed by atoms with Gasteiger partial charge in [-0.05, 0) is 45.0 Å². The molecule has 2 N–H and O–H groups in total. The Hall–Kier alpha value is -1.33. The lowest BCUT2D eigenvalue weighted by Gasteiger charge is -2.23. The molecule has 1 aliphatic rings. The van der Waals surface area contributed by atoms with E-state index in [1.807, 2.05) is 19.1 Å². The van der Waals surface area contributed by atoms with Gasteiger partial charge in [-0.3, -0.25) is 4.79 Å². The second-order valence-electron chi connectivity index (χ2n) is 4.56. The minimum Gasteiger partial charge on any atom is -0.467 e. The Bertz CT molecular complexity index is 358. The van der Waals surface area contributed by atoms with Gasteiger partial charge in [0, 0.05) is 0 Å². The third-order valence-corrected chi connectivity index (χ3v) is 3.08. The molecule has 5 heteroatoms. The summed E-state index contributed by atoms with van der Waals surface area (Å²) in [7, 11) is 0. The van der Waals surface area contributed by atoms with E-state index in [0.29, 0.717) is 0 Å². The van der Waals surface area contributed by atoms with Crippen LogP contribution in [0.3, 0.4) is 0 Å². The highest BCUT2D eigenvalue weighted by Gasteiger charge is 2.16. The monoisotopic (exact) mass is 252 g/mol. The first-order valence-electron chi connectivity index (χ1n) is 6.41. The fourth-order valence-corrected chi connectivity index (χ4v) is 2.05. The van der Waals surface area contributed by atoms with Gasteiger partial charge < -0.3 is 19.8 Å². The Labute approximate surface area is 107 Å². The quantitative estimate of drug-likeness (QED) is 0.827. The van der Waals surface area contributed by atoms with Gasteiger partial charge in [0.15, 0.2) is 0 Å². The predicted molar refractivity (Wildman–Crippen MR) is 67.1 cm³/mol. The van der Waals surface area contributed by atoms with E-state index < -0.39 is 0 Å². The number of ether oxygens (including phenoxy) is 1. The van der Waals surface area contributed by atoms with Crippen LogP contribution in [-0.2, 0) is 9.53 Å². The van der Waals surface area contributed by atoms with Crippen molar-refractivity contribution in [3.05, 3.63) is 24.2 Å². The first-order chi connectivity index (χ1) is 8.75. The summed E-state index contributed by atoms with van der Waals surface area (Å²) < 4.78 is 10.8. The fraction of sp³-hybridized carbons (Fsp3) is 0.615. The van der Waals surface area contributed by atoms with Crippen LogP contribution in [0, 0.1) is 0 Å². The first kappa shape index (κ1) is 13.1. The summed E-state index contributed by atoms with van der Waals surface area (Å²) in [5, 5.41) is 6.11. The summed E-state index contributed by atoms with van der Waals surface area (Å²) in [5.41, 5.74) is 0. The SMILES string of the molecule is CC(NC(=O)COC1CCNCC1)c1ccco1. The zero-order valence-electron chi connectivity index (χ0n) is 10.6. The highest BCUT2D eigenvalue weighted by molar-refractivity contribution is 5.77. The lowest BCUT2D eigenvalue weighted by Crippen LogP contribution is -2.36. The van der Waals surface area contributed by atoms with Gasteiger partial charge >= 0.3 is 0 Å². The molecule has 0 bridgehead atoms. The van der Waals surface area contributed by atoms with E-state index in [-0.39, 0.29) is 24.7 Å². The zero-order chi connectivity index (χ0) is 12.8. The molecule has 1 unspecified atom stereocenters. The summed E-state index contributed by atoms with van der Waals surface area (Å²) in [6, 6.07) is 3.53. The number of carbonyl (C=O) groups is 1. The molecule has 0 radical (unpaired) electrons. The van der Waals surface area contributed by atoms with Crippen LogP contribution >= 0.6 is 0 Å². The second-order valence-corrected chi connectivity index (χ2v) is 4.56. The lowest BCUT2D eigenvalue weighted by atomic mass is 10.1. The third-order valence-electron chi connectivity index (χ3n) is 3.08. The molecular formula is C13H20N2O3. The molecule has 1 amide bonds. The molecule has 2 rings (SSSR count). The molecule has 1 aliphatic heterocycles. The van der Waals surface area contributed by atoms with E-state index in [0.717, 1.165) is 31.7 Å². The maximum atomic E-state index is 11.7. The van der Waals surface area contributed by atoms with Crippen molar-refractivity contribution in [2.75, 3.05) is 19.7 Å². The molecule has 18 heavy (non-hydrogen) atoms. The Morgan fingerprint density at radius 2 is 2.39 bits per heavy atom. The van der Waals surface area contributed by atoms with Gasteiger partial charge in [-0.1, -0.05) is 0 Å². The summed E-state index contributed by atoms with van der Waals surface area (Å²) in [6.07, 6.45) is 3.75. The van der Waals surface area contributed by atoms with Crippen LogP contribution in [0.4, 0.5) is 0 Å². The minimum absolute atomic E-state index is 0.0996. The van der Waals surface area contributed by atoms with Crippen molar-refractivity contribution in [3.63, 3.8) is 0 Å². The number of rotatable bonds is 5. The molecule has 1 atom stereocenters. The van der Waals surface area contributed by atoms with Crippen molar-refractivity contribution in [2.45, 2.75) is 31.9 Å². The molecule has 0 spiro atoms. The number of hydrogen-bond acceptors (Lipinski definition) is 4. The summed E-state index contributed by atoms with van der Waals surface area (Å²) >= 11 is 0. The molecule has 0 aliphatic carbocycles. The Morgan fingerprint density at radius 3 is 3.06 bits per heavy atom. The van der Waals surface area contributed by atoms with E-state index in [1.165, 1.54) is 0 Å². The van der Waals surface area contributed by atoms with Gasteiger partial charge in [-0.2, -0.15) is 0 Å².